The topological polar surface area (TPSA) is 31.4 Å². The Morgan fingerprint density at radius 3 is 1.87 bits per heavy atom. The van der Waals surface area contributed by atoms with Crippen molar-refractivity contribution < 1.29 is 9.47 Å². The smallest absolute Gasteiger partial charge is 0.145 e. The molecule has 0 N–H and O–H groups in total. The van der Waals surface area contributed by atoms with Crippen molar-refractivity contribution in [2.24, 2.45) is 0 Å². The van der Waals surface area contributed by atoms with E-state index < -0.39 is 0 Å². The van der Waals surface area contributed by atoms with Gasteiger partial charge in [-0.25, -0.2) is 4.98 Å². The molecular formula is C35H49NO2. The number of para-hydroxylation sites is 1. The first-order chi connectivity index (χ1) is 18.8. The van der Waals surface area contributed by atoms with Crippen molar-refractivity contribution in [3.63, 3.8) is 0 Å². The van der Waals surface area contributed by atoms with Crippen LogP contribution in [0.3, 0.4) is 0 Å². The van der Waals surface area contributed by atoms with E-state index in [1.807, 2.05) is 12.1 Å². The van der Waals surface area contributed by atoms with Crippen LogP contribution < -0.4 is 9.47 Å². The van der Waals surface area contributed by atoms with Gasteiger partial charge in [-0.15, -0.1) is 0 Å². The SMILES string of the molecule is CCCCCCCCCCCCOc1ccc(C=Cc2ccc3cccc(OCCCCCC)c3n2)cc1. The van der Waals surface area contributed by atoms with Gasteiger partial charge in [-0.05, 0) is 48.7 Å². The number of nitrogens with zero attached hydrogens (tertiary/aromatic N) is 1. The number of unbranched alkanes of at least 4 members (excludes halogenated alkanes) is 12. The number of pyridine rings is 1. The van der Waals surface area contributed by atoms with Crippen LogP contribution in [0.25, 0.3) is 23.1 Å². The molecule has 0 aliphatic rings. The summed E-state index contributed by atoms with van der Waals surface area (Å²) in [7, 11) is 0. The molecular weight excluding hydrogens is 466 g/mol. The van der Waals surface area contributed by atoms with Crippen molar-refractivity contribution >= 4 is 23.1 Å². The Labute approximate surface area is 231 Å². The van der Waals surface area contributed by atoms with E-state index in [1.54, 1.807) is 0 Å². The summed E-state index contributed by atoms with van der Waals surface area (Å²) in [6.45, 7) is 6.05. The molecule has 1 aromatic heterocycles. The summed E-state index contributed by atoms with van der Waals surface area (Å²) in [5.74, 6) is 1.82. The minimum atomic E-state index is 0.745. The Balaban J connectivity index is 1.40. The van der Waals surface area contributed by atoms with Crippen LogP contribution in [0.2, 0.25) is 0 Å². The summed E-state index contributed by atoms with van der Waals surface area (Å²) in [5.41, 5.74) is 3.00. The highest BCUT2D eigenvalue weighted by atomic mass is 16.5. The maximum Gasteiger partial charge on any atom is 0.145 e. The second-order valence-electron chi connectivity index (χ2n) is 10.4. The van der Waals surface area contributed by atoms with Gasteiger partial charge < -0.3 is 9.47 Å². The number of rotatable bonds is 20. The van der Waals surface area contributed by atoms with Gasteiger partial charge in [0.2, 0.25) is 0 Å². The molecule has 38 heavy (non-hydrogen) atoms. The van der Waals surface area contributed by atoms with Crippen LogP contribution >= 0.6 is 0 Å². The third-order valence-electron chi connectivity index (χ3n) is 7.05. The van der Waals surface area contributed by atoms with E-state index in [0.717, 1.165) is 59.7 Å². The number of aromatic nitrogens is 1. The summed E-state index contributed by atoms with van der Waals surface area (Å²) < 4.78 is 12.0. The molecule has 3 nitrogen and oxygen atoms in total. The molecule has 3 heteroatoms. The highest BCUT2D eigenvalue weighted by Crippen LogP contribution is 2.25. The highest BCUT2D eigenvalue weighted by Gasteiger charge is 2.04. The van der Waals surface area contributed by atoms with E-state index >= 15 is 0 Å². The molecule has 1 heterocycles. The number of hydrogen-bond acceptors (Lipinski definition) is 3. The quantitative estimate of drug-likeness (QED) is 0.140. The fourth-order valence-electron chi connectivity index (χ4n) is 4.69. The van der Waals surface area contributed by atoms with Gasteiger partial charge >= 0.3 is 0 Å². The monoisotopic (exact) mass is 515 g/mol. The van der Waals surface area contributed by atoms with Crippen LogP contribution in [0, 0.1) is 0 Å². The largest absolute Gasteiger partial charge is 0.494 e. The Morgan fingerprint density at radius 2 is 1.18 bits per heavy atom. The van der Waals surface area contributed by atoms with Crippen LogP contribution in [0.5, 0.6) is 11.5 Å². The lowest BCUT2D eigenvalue weighted by molar-refractivity contribution is 0.304. The molecule has 0 saturated heterocycles. The van der Waals surface area contributed by atoms with Crippen LogP contribution in [-0.4, -0.2) is 18.2 Å². The molecule has 206 valence electrons. The zero-order chi connectivity index (χ0) is 26.7. The second-order valence-corrected chi connectivity index (χ2v) is 10.4. The Bertz CT molecular complexity index is 1060. The van der Waals surface area contributed by atoms with Crippen molar-refractivity contribution in [2.45, 2.75) is 104 Å². The third kappa shape index (κ3) is 11.3. The number of ether oxygens (including phenoxy) is 2. The summed E-state index contributed by atoms with van der Waals surface area (Å²) in [6, 6.07) is 18.7. The molecule has 0 bridgehead atoms. The van der Waals surface area contributed by atoms with Gasteiger partial charge in [-0.3, -0.25) is 0 Å². The molecule has 2 aromatic carbocycles. The minimum Gasteiger partial charge on any atom is -0.494 e. The van der Waals surface area contributed by atoms with Crippen molar-refractivity contribution in [3.05, 3.63) is 65.9 Å². The van der Waals surface area contributed by atoms with Crippen molar-refractivity contribution in [1.82, 2.24) is 4.98 Å². The molecule has 0 aliphatic carbocycles. The first kappa shape index (κ1) is 29.7. The van der Waals surface area contributed by atoms with Gasteiger partial charge in [-0.2, -0.15) is 0 Å². The van der Waals surface area contributed by atoms with E-state index in [4.69, 9.17) is 14.5 Å². The van der Waals surface area contributed by atoms with Crippen molar-refractivity contribution in [1.29, 1.82) is 0 Å². The second kappa shape index (κ2) is 18.4. The summed E-state index contributed by atoms with van der Waals surface area (Å²) in [4.78, 5) is 4.88. The lowest BCUT2D eigenvalue weighted by Gasteiger charge is -2.09. The number of benzene rings is 2. The standard InChI is InChI=1S/C35H49NO2/c1-3-5-7-9-10-11-12-13-14-16-28-37-33-26-21-30(22-27-33)20-24-32-25-23-31-18-17-19-34(35(31)36-32)38-29-15-8-6-4-2/h17-27H,3-16,28-29H2,1-2H3. The van der Waals surface area contributed by atoms with Crippen molar-refractivity contribution in [2.75, 3.05) is 13.2 Å². The molecule has 0 atom stereocenters. The molecule has 0 fully saturated rings. The molecule has 0 saturated carbocycles. The van der Waals surface area contributed by atoms with E-state index in [0.29, 0.717) is 0 Å². The lowest BCUT2D eigenvalue weighted by atomic mass is 10.1. The molecule has 3 aromatic rings. The average molecular weight is 516 g/mol. The van der Waals surface area contributed by atoms with E-state index in [-0.39, 0.29) is 0 Å². The van der Waals surface area contributed by atoms with Crippen LogP contribution in [0.1, 0.15) is 115 Å². The maximum atomic E-state index is 6.08. The average Bonchev–Trinajstić information content (AvgIpc) is 2.95. The first-order valence-electron chi connectivity index (χ1n) is 15.2. The zero-order valence-electron chi connectivity index (χ0n) is 23.9. The predicted octanol–water partition coefficient (Wildman–Crippen LogP) is 10.7. The Kier molecular flexibility index (Phi) is 14.4. The maximum absolute atomic E-state index is 6.08. The van der Waals surface area contributed by atoms with E-state index in [9.17, 15) is 0 Å². The van der Waals surface area contributed by atoms with Gasteiger partial charge in [0.15, 0.2) is 0 Å². The minimum absolute atomic E-state index is 0.745. The first-order valence-corrected chi connectivity index (χ1v) is 15.2. The van der Waals surface area contributed by atoms with Gasteiger partial charge in [0.05, 0.1) is 18.9 Å². The van der Waals surface area contributed by atoms with Gasteiger partial charge in [-0.1, -0.05) is 127 Å². The molecule has 3 rings (SSSR count). The Hall–Kier alpha value is -2.81. The lowest BCUT2D eigenvalue weighted by Crippen LogP contribution is -1.99. The predicted molar refractivity (Wildman–Crippen MR) is 164 cm³/mol. The van der Waals surface area contributed by atoms with Crippen LogP contribution in [0.4, 0.5) is 0 Å². The summed E-state index contributed by atoms with van der Waals surface area (Å²) >= 11 is 0. The van der Waals surface area contributed by atoms with Gasteiger partial charge in [0.1, 0.15) is 17.0 Å². The Morgan fingerprint density at radius 1 is 0.579 bits per heavy atom. The van der Waals surface area contributed by atoms with E-state index in [2.05, 4.69) is 68.5 Å². The number of hydrogen-bond donors (Lipinski definition) is 0. The normalized spacial score (nSPS) is 11.4. The molecule has 0 aliphatic heterocycles. The zero-order valence-corrected chi connectivity index (χ0v) is 23.9. The van der Waals surface area contributed by atoms with Gasteiger partial charge in [0.25, 0.3) is 0 Å². The molecule has 0 spiro atoms. The van der Waals surface area contributed by atoms with Crippen molar-refractivity contribution in [3.8, 4) is 11.5 Å². The summed E-state index contributed by atoms with van der Waals surface area (Å²) in [5, 5.41) is 1.11. The molecule has 0 radical (unpaired) electrons. The fraction of sp³-hybridized carbons (Fsp3) is 0.514. The number of fused-ring (bicyclic) bond motifs is 1. The fourth-order valence-corrected chi connectivity index (χ4v) is 4.69. The van der Waals surface area contributed by atoms with Crippen LogP contribution in [-0.2, 0) is 0 Å². The molecule has 0 amide bonds. The highest BCUT2D eigenvalue weighted by molar-refractivity contribution is 5.86. The summed E-state index contributed by atoms with van der Waals surface area (Å²) in [6.07, 6.45) is 22.4. The van der Waals surface area contributed by atoms with E-state index in [1.165, 1.54) is 77.0 Å². The third-order valence-corrected chi connectivity index (χ3v) is 7.05. The molecule has 0 unspecified atom stereocenters. The van der Waals surface area contributed by atoms with Crippen LogP contribution in [0.15, 0.2) is 54.6 Å². The van der Waals surface area contributed by atoms with Gasteiger partial charge in [0, 0.05) is 5.39 Å².